The molecule has 0 spiro atoms. The number of methoxy groups -OCH3 is 2. The van der Waals surface area contributed by atoms with Gasteiger partial charge in [0.25, 0.3) is 11.8 Å². The van der Waals surface area contributed by atoms with E-state index in [0.717, 1.165) is 0 Å². The van der Waals surface area contributed by atoms with Gasteiger partial charge in [0.05, 0.1) is 26.0 Å². The number of nitrogens with one attached hydrogen (secondary N) is 1. The van der Waals surface area contributed by atoms with Crippen molar-refractivity contribution in [3.8, 4) is 17.2 Å². The van der Waals surface area contributed by atoms with E-state index in [1.807, 2.05) is 19.9 Å². The van der Waals surface area contributed by atoms with E-state index < -0.39 is 11.8 Å². The molecule has 0 unspecified atom stereocenters. The number of nitrogens with zero attached hydrogens (tertiary/aromatic N) is 1. The van der Waals surface area contributed by atoms with Gasteiger partial charge >= 0.3 is 0 Å². The SMILES string of the molecule is COc1ccc(N2C(=O)/C(=C/c3ccccc3OC(C)C)C(=O)NC2=S)c(OC)c1. The van der Waals surface area contributed by atoms with Gasteiger partial charge in [-0.2, -0.15) is 0 Å². The predicted molar refractivity (Wildman–Crippen MR) is 118 cm³/mol. The molecule has 7 nitrogen and oxygen atoms in total. The highest BCUT2D eigenvalue weighted by atomic mass is 32.1. The third kappa shape index (κ3) is 4.28. The van der Waals surface area contributed by atoms with Crippen molar-refractivity contribution in [2.75, 3.05) is 19.1 Å². The molecule has 0 bridgehead atoms. The van der Waals surface area contributed by atoms with Gasteiger partial charge in [0.2, 0.25) is 0 Å². The highest BCUT2D eigenvalue weighted by molar-refractivity contribution is 7.80. The Morgan fingerprint density at radius 3 is 2.43 bits per heavy atom. The highest BCUT2D eigenvalue weighted by Crippen LogP contribution is 2.34. The van der Waals surface area contributed by atoms with Gasteiger partial charge < -0.3 is 14.2 Å². The van der Waals surface area contributed by atoms with Crippen LogP contribution >= 0.6 is 12.2 Å². The zero-order chi connectivity index (χ0) is 21.8. The number of thiocarbonyl (C=S) groups is 1. The van der Waals surface area contributed by atoms with Crippen molar-refractivity contribution in [1.29, 1.82) is 0 Å². The molecule has 30 heavy (non-hydrogen) atoms. The number of amides is 2. The van der Waals surface area contributed by atoms with Crippen LogP contribution in [0, 0.1) is 0 Å². The summed E-state index contributed by atoms with van der Waals surface area (Å²) in [6.07, 6.45) is 1.44. The Kier molecular flexibility index (Phi) is 6.37. The van der Waals surface area contributed by atoms with Gasteiger partial charge in [-0.3, -0.25) is 14.9 Å². The molecule has 156 valence electrons. The Hall–Kier alpha value is -3.39. The summed E-state index contributed by atoms with van der Waals surface area (Å²) >= 11 is 5.27. The van der Waals surface area contributed by atoms with E-state index in [1.54, 1.807) is 36.4 Å². The lowest BCUT2D eigenvalue weighted by atomic mass is 10.1. The molecule has 2 aromatic rings. The first-order valence-corrected chi connectivity index (χ1v) is 9.65. The lowest BCUT2D eigenvalue weighted by Gasteiger charge is -2.30. The molecule has 1 fully saturated rings. The maximum Gasteiger partial charge on any atom is 0.270 e. The van der Waals surface area contributed by atoms with Crippen LogP contribution in [0.15, 0.2) is 48.0 Å². The Balaban J connectivity index is 2.05. The molecular weight excluding hydrogens is 404 g/mol. The molecule has 8 heteroatoms. The van der Waals surface area contributed by atoms with Crippen LogP contribution in [0.1, 0.15) is 19.4 Å². The van der Waals surface area contributed by atoms with Crippen LogP contribution < -0.4 is 24.4 Å². The normalized spacial score (nSPS) is 15.4. The minimum Gasteiger partial charge on any atom is -0.497 e. The van der Waals surface area contributed by atoms with Crippen molar-refractivity contribution in [1.82, 2.24) is 5.32 Å². The smallest absolute Gasteiger partial charge is 0.270 e. The Bertz CT molecular complexity index is 1030. The maximum atomic E-state index is 13.3. The largest absolute Gasteiger partial charge is 0.497 e. The molecule has 2 amide bonds. The minimum absolute atomic E-state index is 0.0302. The van der Waals surface area contributed by atoms with Gasteiger partial charge in [-0.15, -0.1) is 0 Å². The molecule has 0 radical (unpaired) electrons. The molecule has 2 aromatic carbocycles. The number of anilines is 1. The fourth-order valence-electron chi connectivity index (χ4n) is 2.96. The Morgan fingerprint density at radius 1 is 1.03 bits per heavy atom. The average Bonchev–Trinajstić information content (AvgIpc) is 2.71. The number of carbonyl (C=O) groups excluding carboxylic acids is 2. The maximum absolute atomic E-state index is 13.3. The van der Waals surface area contributed by atoms with Crippen molar-refractivity contribution >= 4 is 40.9 Å². The molecule has 3 rings (SSSR count). The topological polar surface area (TPSA) is 77.1 Å². The van der Waals surface area contributed by atoms with Crippen LogP contribution in [0.25, 0.3) is 6.08 Å². The zero-order valence-electron chi connectivity index (χ0n) is 17.1. The predicted octanol–water partition coefficient (Wildman–Crippen LogP) is 3.32. The van der Waals surface area contributed by atoms with E-state index in [0.29, 0.717) is 28.5 Å². The first-order valence-electron chi connectivity index (χ1n) is 9.25. The van der Waals surface area contributed by atoms with E-state index >= 15 is 0 Å². The van der Waals surface area contributed by atoms with Crippen LogP contribution in [0.3, 0.4) is 0 Å². The lowest BCUT2D eigenvalue weighted by molar-refractivity contribution is -0.122. The second-order valence-electron chi connectivity index (χ2n) is 6.70. The first-order chi connectivity index (χ1) is 14.3. The Morgan fingerprint density at radius 2 is 1.77 bits per heavy atom. The molecule has 0 aliphatic carbocycles. The average molecular weight is 426 g/mol. The van der Waals surface area contributed by atoms with E-state index in [2.05, 4.69) is 5.32 Å². The van der Waals surface area contributed by atoms with Crippen LogP contribution in [-0.2, 0) is 9.59 Å². The van der Waals surface area contributed by atoms with Crippen LogP contribution in [0.5, 0.6) is 17.2 Å². The summed E-state index contributed by atoms with van der Waals surface area (Å²) in [5.74, 6) is 0.372. The molecule has 0 atom stereocenters. The first kappa shape index (κ1) is 21.3. The van der Waals surface area contributed by atoms with E-state index in [9.17, 15) is 9.59 Å². The number of hydrogen-bond acceptors (Lipinski definition) is 6. The monoisotopic (exact) mass is 426 g/mol. The number of benzene rings is 2. The van der Waals surface area contributed by atoms with Gasteiger partial charge in [0.15, 0.2) is 5.11 Å². The summed E-state index contributed by atoms with van der Waals surface area (Å²) in [6, 6.07) is 12.2. The summed E-state index contributed by atoms with van der Waals surface area (Å²) in [5.41, 5.74) is 0.936. The Labute approximate surface area is 180 Å². The zero-order valence-corrected chi connectivity index (χ0v) is 17.9. The molecule has 1 saturated heterocycles. The molecule has 0 aromatic heterocycles. The molecule has 0 saturated carbocycles. The molecule has 1 aliphatic rings. The fraction of sp³-hybridized carbons (Fsp3) is 0.227. The van der Waals surface area contributed by atoms with E-state index in [4.69, 9.17) is 26.4 Å². The summed E-state index contributed by atoms with van der Waals surface area (Å²) < 4.78 is 16.4. The number of hydrogen-bond donors (Lipinski definition) is 1. The number of carbonyl (C=O) groups is 2. The van der Waals surface area contributed by atoms with Crippen molar-refractivity contribution in [3.63, 3.8) is 0 Å². The molecule has 1 heterocycles. The summed E-state index contributed by atoms with van der Waals surface area (Å²) in [7, 11) is 3.01. The molecule has 1 aliphatic heterocycles. The highest BCUT2D eigenvalue weighted by Gasteiger charge is 2.36. The fourth-order valence-corrected chi connectivity index (χ4v) is 3.24. The van der Waals surface area contributed by atoms with Crippen molar-refractivity contribution in [2.24, 2.45) is 0 Å². The van der Waals surface area contributed by atoms with Crippen LogP contribution in [0.2, 0.25) is 0 Å². The van der Waals surface area contributed by atoms with Gasteiger partial charge in [-0.1, -0.05) is 18.2 Å². The van der Waals surface area contributed by atoms with Crippen molar-refractivity contribution < 1.29 is 23.8 Å². The van der Waals surface area contributed by atoms with Crippen LogP contribution in [0.4, 0.5) is 5.69 Å². The van der Waals surface area contributed by atoms with Crippen molar-refractivity contribution in [3.05, 3.63) is 53.6 Å². The quantitative estimate of drug-likeness (QED) is 0.434. The van der Waals surface area contributed by atoms with Gasteiger partial charge in [0, 0.05) is 11.6 Å². The van der Waals surface area contributed by atoms with Gasteiger partial charge in [-0.25, -0.2) is 4.90 Å². The third-order valence-electron chi connectivity index (χ3n) is 4.31. The number of para-hydroxylation sites is 1. The number of ether oxygens (including phenoxy) is 3. The summed E-state index contributed by atoms with van der Waals surface area (Å²) in [5, 5.41) is 2.54. The molecule has 1 N–H and O–H groups in total. The minimum atomic E-state index is -0.576. The van der Waals surface area contributed by atoms with Crippen LogP contribution in [-0.4, -0.2) is 37.3 Å². The van der Waals surface area contributed by atoms with Gasteiger partial charge in [-0.05, 0) is 50.3 Å². The van der Waals surface area contributed by atoms with E-state index in [1.165, 1.54) is 25.2 Å². The summed E-state index contributed by atoms with van der Waals surface area (Å²) in [6.45, 7) is 3.80. The van der Waals surface area contributed by atoms with Gasteiger partial charge in [0.1, 0.15) is 22.8 Å². The standard InChI is InChI=1S/C22H22N2O5S/c1-13(2)29-18-8-6-5-7-14(18)11-16-20(25)23-22(30)24(21(16)26)17-10-9-15(27-3)12-19(17)28-4/h5-13H,1-4H3,(H,23,25,30)/b16-11+. The van der Waals surface area contributed by atoms with Crippen molar-refractivity contribution in [2.45, 2.75) is 20.0 Å². The third-order valence-corrected chi connectivity index (χ3v) is 4.60. The second kappa shape index (κ2) is 8.96. The summed E-state index contributed by atoms with van der Waals surface area (Å²) in [4.78, 5) is 27.1. The van der Waals surface area contributed by atoms with E-state index in [-0.39, 0.29) is 16.8 Å². The molecular formula is C22H22N2O5S. The lowest BCUT2D eigenvalue weighted by Crippen LogP contribution is -2.54. The second-order valence-corrected chi connectivity index (χ2v) is 7.09. The number of rotatable bonds is 6.